The Balaban J connectivity index is 0.975. The Kier molecular flexibility index (Phi) is 7.75. The summed E-state index contributed by atoms with van der Waals surface area (Å²) >= 11 is 0. The fourth-order valence-corrected chi connectivity index (χ4v) is 11.1. The second kappa shape index (κ2) is 14.0. The molecule has 0 atom stereocenters. The highest BCUT2D eigenvalue weighted by atomic mass is 16.3. The Bertz CT molecular complexity index is 4150. The van der Waals surface area contributed by atoms with Crippen molar-refractivity contribution < 1.29 is 4.42 Å². The first-order chi connectivity index (χ1) is 32.2. The van der Waals surface area contributed by atoms with Crippen LogP contribution in [0.1, 0.15) is 0 Å². The number of benzene rings is 13. The minimum absolute atomic E-state index is 0.899. The lowest BCUT2D eigenvalue weighted by Crippen LogP contribution is -1.93. The minimum Gasteiger partial charge on any atom is -0.456 e. The van der Waals surface area contributed by atoms with Gasteiger partial charge in [-0.15, -0.1) is 0 Å². The molecular formula is C64H38O. The van der Waals surface area contributed by atoms with Crippen LogP contribution in [0.5, 0.6) is 0 Å². The first-order valence-corrected chi connectivity index (χ1v) is 22.5. The van der Waals surface area contributed by atoms with Crippen molar-refractivity contribution in [2.75, 3.05) is 0 Å². The van der Waals surface area contributed by atoms with Crippen LogP contribution in [0.2, 0.25) is 0 Å². The third-order valence-corrected chi connectivity index (χ3v) is 14.0. The maximum atomic E-state index is 6.28. The van der Waals surface area contributed by atoms with Crippen LogP contribution in [-0.2, 0) is 0 Å². The van der Waals surface area contributed by atoms with Crippen LogP contribution in [0.15, 0.2) is 235 Å². The summed E-state index contributed by atoms with van der Waals surface area (Å²) in [6.07, 6.45) is 0. The number of fused-ring (bicyclic) bond motifs is 6. The van der Waals surface area contributed by atoms with Gasteiger partial charge in [0.05, 0.1) is 0 Å². The average molecular weight is 823 g/mol. The normalized spacial score (nSPS) is 12.0. The molecule has 0 aliphatic rings. The van der Waals surface area contributed by atoms with E-state index in [2.05, 4.69) is 224 Å². The van der Waals surface area contributed by atoms with E-state index in [9.17, 15) is 0 Å². The summed E-state index contributed by atoms with van der Waals surface area (Å²) in [6.45, 7) is 0. The number of rotatable bonds is 5. The predicted octanol–water partition coefficient (Wildman–Crippen LogP) is 18.3. The fourth-order valence-electron chi connectivity index (χ4n) is 11.1. The molecule has 0 amide bonds. The van der Waals surface area contributed by atoms with Crippen LogP contribution in [0.3, 0.4) is 0 Å². The number of para-hydroxylation sites is 1. The van der Waals surface area contributed by atoms with Crippen LogP contribution < -0.4 is 0 Å². The van der Waals surface area contributed by atoms with Gasteiger partial charge in [0.1, 0.15) is 11.2 Å². The van der Waals surface area contributed by atoms with Crippen molar-refractivity contribution in [3.05, 3.63) is 231 Å². The molecule has 1 heterocycles. The summed E-state index contributed by atoms with van der Waals surface area (Å²) < 4.78 is 6.28. The van der Waals surface area contributed by atoms with E-state index in [1.165, 1.54) is 115 Å². The van der Waals surface area contributed by atoms with Crippen LogP contribution in [0.25, 0.3) is 142 Å². The quantitative estimate of drug-likeness (QED) is 0.124. The summed E-state index contributed by atoms with van der Waals surface area (Å²) in [5.74, 6) is 0. The van der Waals surface area contributed by atoms with Crippen molar-refractivity contribution in [2.45, 2.75) is 0 Å². The van der Waals surface area contributed by atoms with E-state index in [0.29, 0.717) is 0 Å². The van der Waals surface area contributed by atoms with Gasteiger partial charge in [0, 0.05) is 10.8 Å². The largest absolute Gasteiger partial charge is 0.456 e. The number of hydrogen-bond acceptors (Lipinski definition) is 1. The molecule has 0 fully saturated rings. The van der Waals surface area contributed by atoms with Gasteiger partial charge in [0.25, 0.3) is 0 Å². The van der Waals surface area contributed by atoms with Crippen LogP contribution >= 0.6 is 0 Å². The molecule has 0 N–H and O–H groups in total. The molecule has 65 heavy (non-hydrogen) atoms. The van der Waals surface area contributed by atoms with Crippen LogP contribution in [-0.4, -0.2) is 0 Å². The molecule has 0 aliphatic carbocycles. The Morgan fingerprint density at radius 1 is 0.215 bits per heavy atom. The Labute approximate surface area is 375 Å². The lowest BCUT2D eigenvalue weighted by Gasteiger charge is -2.20. The SMILES string of the molecule is c1cc(-c2ccc3ccccc3c2)c(-c2ccc(-c3c4ccccc4c(-c4ccc5ccc6cccc7ccc4c5c67)c4ccccc34)cc2)c(-c2ccc3oc4ccccc4c3c2)c1. The summed E-state index contributed by atoms with van der Waals surface area (Å²) in [6, 6.07) is 85.1. The molecule has 0 radical (unpaired) electrons. The molecule has 300 valence electrons. The molecule has 0 unspecified atom stereocenters. The van der Waals surface area contributed by atoms with Gasteiger partial charge in [-0.1, -0.05) is 206 Å². The fraction of sp³-hybridized carbons (Fsp3) is 0. The molecule has 0 spiro atoms. The van der Waals surface area contributed by atoms with E-state index in [4.69, 9.17) is 4.42 Å². The molecule has 1 heteroatoms. The Hall–Kier alpha value is -8.52. The van der Waals surface area contributed by atoms with E-state index in [-0.39, 0.29) is 0 Å². The van der Waals surface area contributed by atoms with Crippen molar-refractivity contribution >= 4 is 86.6 Å². The highest BCUT2D eigenvalue weighted by Crippen LogP contribution is 2.48. The van der Waals surface area contributed by atoms with Gasteiger partial charge in [-0.2, -0.15) is 0 Å². The molecule has 13 aromatic carbocycles. The summed E-state index contributed by atoms with van der Waals surface area (Å²) in [5, 5.41) is 17.5. The lowest BCUT2D eigenvalue weighted by atomic mass is 9.83. The van der Waals surface area contributed by atoms with Crippen molar-refractivity contribution in [3.8, 4) is 55.6 Å². The van der Waals surface area contributed by atoms with E-state index in [0.717, 1.165) is 27.5 Å². The molecule has 1 nitrogen and oxygen atoms in total. The van der Waals surface area contributed by atoms with Gasteiger partial charge in [0.2, 0.25) is 0 Å². The Morgan fingerprint density at radius 2 is 0.692 bits per heavy atom. The zero-order valence-corrected chi connectivity index (χ0v) is 35.3. The van der Waals surface area contributed by atoms with E-state index < -0.39 is 0 Å². The molecule has 1 aromatic heterocycles. The van der Waals surface area contributed by atoms with Gasteiger partial charge in [0.15, 0.2) is 0 Å². The number of furan rings is 1. The predicted molar refractivity (Wildman–Crippen MR) is 277 cm³/mol. The lowest BCUT2D eigenvalue weighted by molar-refractivity contribution is 0.669. The van der Waals surface area contributed by atoms with Crippen molar-refractivity contribution in [3.63, 3.8) is 0 Å². The summed E-state index contributed by atoms with van der Waals surface area (Å²) in [7, 11) is 0. The monoisotopic (exact) mass is 822 g/mol. The van der Waals surface area contributed by atoms with Gasteiger partial charge in [-0.25, -0.2) is 0 Å². The van der Waals surface area contributed by atoms with Crippen molar-refractivity contribution in [1.29, 1.82) is 0 Å². The van der Waals surface area contributed by atoms with Crippen molar-refractivity contribution in [1.82, 2.24) is 0 Å². The second-order valence-electron chi connectivity index (χ2n) is 17.5. The van der Waals surface area contributed by atoms with Gasteiger partial charge >= 0.3 is 0 Å². The maximum Gasteiger partial charge on any atom is 0.135 e. The molecule has 14 rings (SSSR count). The van der Waals surface area contributed by atoms with Crippen LogP contribution in [0, 0.1) is 0 Å². The van der Waals surface area contributed by atoms with Crippen molar-refractivity contribution in [2.24, 2.45) is 0 Å². The topological polar surface area (TPSA) is 13.1 Å². The molecule has 0 saturated heterocycles. The maximum absolute atomic E-state index is 6.28. The first kappa shape index (κ1) is 36.0. The second-order valence-corrected chi connectivity index (χ2v) is 17.5. The standard InChI is InChI=1S/C64H38O/c1-2-12-45-37-46(30-23-39(45)11-1)48-20-10-21-49(47-33-36-59-57(38-47)50-15-7-8-22-58(50)65-59)61(48)42-25-27-43(28-26-42)62-51-16-3-5-18-53(51)64(54-19-6-4-17-52(54)62)56-35-32-44-29-24-40-13-9-14-41-31-34-55(56)63(44)60(40)41/h1-38H. The molecular weight excluding hydrogens is 785 g/mol. The zero-order valence-electron chi connectivity index (χ0n) is 35.3. The average Bonchev–Trinajstić information content (AvgIpc) is 3.75. The smallest absolute Gasteiger partial charge is 0.135 e. The molecule has 0 bridgehead atoms. The molecule has 0 saturated carbocycles. The highest BCUT2D eigenvalue weighted by Gasteiger charge is 2.21. The van der Waals surface area contributed by atoms with Crippen LogP contribution in [0.4, 0.5) is 0 Å². The summed E-state index contributed by atoms with van der Waals surface area (Å²) in [4.78, 5) is 0. The zero-order chi connectivity index (χ0) is 42.6. The van der Waals surface area contributed by atoms with E-state index in [1.54, 1.807) is 0 Å². The summed E-state index contributed by atoms with van der Waals surface area (Å²) in [5.41, 5.74) is 13.9. The number of hydrogen-bond donors (Lipinski definition) is 0. The van der Waals surface area contributed by atoms with E-state index >= 15 is 0 Å². The molecule has 14 aromatic rings. The Morgan fingerprint density at radius 3 is 1.42 bits per heavy atom. The van der Waals surface area contributed by atoms with Gasteiger partial charge in [-0.3, -0.25) is 0 Å². The van der Waals surface area contributed by atoms with Gasteiger partial charge < -0.3 is 4.42 Å². The first-order valence-electron chi connectivity index (χ1n) is 22.5. The third kappa shape index (κ3) is 5.46. The highest BCUT2D eigenvalue weighted by molar-refractivity contribution is 6.29. The minimum atomic E-state index is 0.899. The van der Waals surface area contributed by atoms with Gasteiger partial charge in [-0.05, 0) is 145 Å². The third-order valence-electron chi connectivity index (χ3n) is 14.0. The molecule has 0 aliphatic heterocycles. The van der Waals surface area contributed by atoms with E-state index in [1.807, 2.05) is 6.07 Å².